The van der Waals surface area contributed by atoms with E-state index in [1.165, 1.54) is 76.0 Å². The maximum absolute atomic E-state index is 6.34. The molecular formula is C58H36N2O. The predicted octanol–water partition coefficient (Wildman–Crippen LogP) is 16.4. The summed E-state index contributed by atoms with van der Waals surface area (Å²) in [6.45, 7) is 0. The number of hydrogen-bond donors (Lipinski definition) is 0. The summed E-state index contributed by atoms with van der Waals surface area (Å²) in [6, 6.07) is 79.4. The fourth-order valence-electron chi connectivity index (χ4n) is 10.0. The first kappa shape index (κ1) is 33.8. The molecule has 284 valence electrons. The maximum atomic E-state index is 6.34. The van der Waals surface area contributed by atoms with Crippen molar-refractivity contribution in [2.45, 2.75) is 0 Å². The zero-order valence-corrected chi connectivity index (χ0v) is 33.1. The van der Waals surface area contributed by atoms with E-state index in [4.69, 9.17) is 4.42 Å². The highest BCUT2D eigenvalue weighted by molar-refractivity contribution is 6.26. The molecule has 0 aliphatic carbocycles. The third kappa shape index (κ3) is 5.11. The van der Waals surface area contributed by atoms with Crippen LogP contribution in [-0.2, 0) is 0 Å². The van der Waals surface area contributed by atoms with Crippen LogP contribution in [0.15, 0.2) is 223 Å². The van der Waals surface area contributed by atoms with Crippen LogP contribution >= 0.6 is 0 Å². The molecule has 0 aliphatic rings. The number of anilines is 3. The van der Waals surface area contributed by atoms with Crippen molar-refractivity contribution in [2.75, 3.05) is 4.90 Å². The Balaban J connectivity index is 1.05. The van der Waals surface area contributed by atoms with Crippen molar-refractivity contribution in [3.05, 3.63) is 218 Å². The molecule has 0 bridgehead atoms. The molecule has 0 saturated heterocycles. The molecule has 0 aliphatic heterocycles. The summed E-state index contributed by atoms with van der Waals surface area (Å²) in [4.78, 5) is 2.44. The van der Waals surface area contributed by atoms with Gasteiger partial charge in [0, 0.05) is 44.0 Å². The molecule has 0 N–H and O–H groups in total. The van der Waals surface area contributed by atoms with Gasteiger partial charge < -0.3 is 13.9 Å². The van der Waals surface area contributed by atoms with E-state index in [-0.39, 0.29) is 0 Å². The average Bonchev–Trinajstić information content (AvgIpc) is 3.87. The largest absolute Gasteiger partial charge is 0.456 e. The van der Waals surface area contributed by atoms with Crippen molar-refractivity contribution in [1.29, 1.82) is 0 Å². The highest BCUT2D eigenvalue weighted by Crippen LogP contribution is 2.46. The molecule has 3 nitrogen and oxygen atoms in total. The van der Waals surface area contributed by atoms with Gasteiger partial charge in [-0.1, -0.05) is 146 Å². The Morgan fingerprint density at radius 2 is 0.852 bits per heavy atom. The average molecular weight is 777 g/mol. The monoisotopic (exact) mass is 776 g/mol. The zero-order valence-electron chi connectivity index (χ0n) is 33.1. The second kappa shape index (κ2) is 13.2. The van der Waals surface area contributed by atoms with Gasteiger partial charge in [0.2, 0.25) is 0 Å². The number of furan rings is 1. The van der Waals surface area contributed by atoms with Crippen molar-refractivity contribution in [1.82, 2.24) is 4.57 Å². The second-order valence-electron chi connectivity index (χ2n) is 16.0. The van der Waals surface area contributed by atoms with E-state index in [0.29, 0.717) is 0 Å². The standard InChI is InChI=1S/C58H36N2O/c1-2-14-38(15-3-1)60-54-24-12-10-22-49(54)52-34-37(26-31-56(52)60)41-30-32-55(48-21-9-8-16-42(41)48)59(40-28-33-58-53(36-40)50-23-11-13-25-57(50)61-58)39-27-29-47-45-19-5-4-17-43(45)44-18-6-7-20-46(44)51(47)35-39/h1-36H. The summed E-state index contributed by atoms with van der Waals surface area (Å²) in [7, 11) is 0. The maximum Gasteiger partial charge on any atom is 0.135 e. The minimum Gasteiger partial charge on any atom is -0.456 e. The lowest BCUT2D eigenvalue weighted by molar-refractivity contribution is 0.669. The number of hydrogen-bond acceptors (Lipinski definition) is 2. The number of aromatic nitrogens is 1. The summed E-state index contributed by atoms with van der Waals surface area (Å²) < 4.78 is 8.72. The van der Waals surface area contributed by atoms with Crippen LogP contribution in [0.2, 0.25) is 0 Å². The number of rotatable bonds is 5. The van der Waals surface area contributed by atoms with E-state index >= 15 is 0 Å². The van der Waals surface area contributed by atoms with Gasteiger partial charge in [0.25, 0.3) is 0 Å². The van der Waals surface area contributed by atoms with Crippen molar-refractivity contribution in [3.8, 4) is 16.8 Å². The highest BCUT2D eigenvalue weighted by Gasteiger charge is 2.21. The van der Waals surface area contributed by atoms with Gasteiger partial charge >= 0.3 is 0 Å². The molecule has 3 heteroatoms. The molecule has 0 atom stereocenters. The van der Waals surface area contributed by atoms with E-state index in [2.05, 4.69) is 222 Å². The Morgan fingerprint density at radius 3 is 1.61 bits per heavy atom. The molecule has 11 aromatic carbocycles. The second-order valence-corrected chi connectivity index (χ2v) is 16.0. The number of benzene rings is 11. The van der Waals surface area contributed by atoms with Crippen molar-refractivity contribution in [2.24, 2.45) is 0 Å². The van der Waals surface area contributed by atoms with Gasteiger partial charge in [0.05, 0.1) is 16.7 Å². The first-order valence-electron chi connectivity index (χ1n) is 20.9. The number of fused-ring (bicyclic) bond motifs is 13. The van der Waals surface area contributed by atoms with Crippen LogP contribution < -0.4 is 4.90 Å². The summed E-state index contributed by atoms with van der Waals surface area (Å²) in [5, 5.41) is 14.6. The van der Waals surface area contributed by atoms with Crippen LogP contribution in [0.3, 0.4) is 0 Å². The summed E-state index contributed by atoms with van der Waals surface area (Å²) in [6.07, 6.45) is 0. The molecule has 0 amide bonds. The van der Waals surface area contributed by atoms with Crippen LogP contribution in [0.4, 0.5) is 17.1 Å². The van der Waals surface area contributed by atoms with E-state index in [1.807, 2.05) is 6.07 Å². The Labute approximate surface area is 351 Å². The van der Waals surface area contributed by atoms with Crippen LogP contribution in [0, 0.1) is 0 Å². The Hall–Kier alpha value is -8.14. The van der Waals surface area contributed by atoms with Crippen LogP contribution in [0.1, 0.15) is 0 Å². The van der Waals surface area contributed by atoms with Crippen molar-refractivity contribution >= 4 is 104 Å². The topological polar surface area (TPSA) is 21.3 Å². The van der Waals surface area contributed by atoms with Gasteiger partial charge in [-0.2, -0.15) is 0 Å². The van der Waals surface area contributed by atoms with E-state index in [9.17, 15) is 0 Å². The number of para-hydroxylation sites is 3. The van der Waals surface area contributed by atoms with Gasteiger partial charge in [0.15, 0.2) is 0 Å². The van der Waals surface area contributed by atoms with Crippen molar-refractivity contribution < 1.29 is 4.42 Å². The minimum absolute atomic E-state index is 0.880. The normalized spacial score (nSPS) is 11.9. The zero-order chi connectivity index (χ0) is 40.0. The van der Waals surface area contributed by atoms with E-state index < -0.39 is 0 Å². The minimum atomic E-state index is 0.880. The SMILES string of the molecule is c1ccc(-n2c3ccccc3c3cc(-c4ccc(N(c5ccc6oc7ccccc7c6c5)c5ccc6c7ccccc7c7ccccc7c6c5)c5ccccc45)ccc32)cc1. The molecule has 0 fully saturated rings. The van der Waals surface area contributed by atoms with Crippen molar-refractivity contribution in [3.63, 3.8) is 0 Å². The molecule has 2 heterocycles. The lowest BCUT2D eigenvalue weighted by Gasteiger charge is -2.28. The molecule has 13 rings (SSSR count). The Bertz CT molecular complexity index is 3860. The first-order valence-corrected chi connectivity index (χ1v) is 20.9. The van der Waals surface area contributed by atoms with Gasteiger partial charge in [-0.3, -0.25) is 0 Å². The smallest absolute Gasteiger partial charge is 0.135 e. The van der Waals surface area contributed by atoms with Gasteiger partial charge in [-0.25, -0.2) is 0 Å². The van der Waals surface area contributed by atoms with E-state index in [0.717, 1.165) is 44.7 Å². The van der Waals surface area contributed by atoms with Gasteiger partial charge in [0.1, 0.15) is 11.2 Å². The Kier molecular flexibility index (Phi) is 7.31. The van der Waals surface area contributed by atoms with Gasteiger partial charge in [-0.05, 0) is 122 Å². The third-order valence-corrected chi connectivity index (χ3v) is 12.7. The summed E-state index contributed by atoms with van der Waals surface area (Å²) in [5.74, 6) is 0. The highest BCUT2D eigenvalue weighted by atomic mass is 16.3. The lowest BCUT2D eigenvalue weighted by Crippen LogP contribution is -2.10. The quantitative estimate of drug-likeness (QED) is 0.162. The Morgan fingerprint density at radius 1 is 0.311 bits per heavy atom. The molecule has 2 aromatic heterocycles. The molecule has 61 heavy (non-hydrogen) atoms. The van der Waals surface area contributed by atoms with E-state index in [1.54, 1.807) is 0 Å². The van der Waals surface area contributed by atoms with Crippen LogP contribution in [-0.4, -0.2) is 4.57 Å². The third-order valence-electron chi connectivity index (χ3n) is 12.7. The first-order chi connectivity index (χ1) is 30.3. The summed E-state index contributed by atoms with van der Waals surface area (Å²) in [5.41, 5.74) is 11.0. The summed E-state index contributed by atoms with van der Waals surface area (Å²) >= 11 is 0. The predicted molar refractivity (Wildman–Crippen MR) is 258 cm³/mol. The molecular weight excluding hydrogens is 741 g/mol. The molecule has 13 aromatic rings. The fraction of sp³-hybridized carbons (Fsp3) is 0. The fourth-order valence-corrected chi connectivity index (χ4v) is 10.0. The number of nitrogens with zero attached hydrogens (tertiary/aromatic N) is 2. The lowest BCUT2D eigenvalue weighted by atomic mass is 9.93. The van der Waals surface area contributed by atoms with Gasteiger partial charge in [-0.15, -0.1) is 0 Å². The molecule has 0 saturated carbocycles. The van der Waals surface area contributed by atoms with Crippen LogP contribution in [0.5, 0.6) is 0 Å². The molecule has 0 radical (unpaired) electrons. The molecule has 0 unspecified atom stereocenters. The van der Waals surface area contributed by atoms with Crippen LogP contribution in [0.25, 0.3) is 104 Å². The molecule has 0 spiro atoms.